The number of benzene rings is 6. The number of hydrogen-bond donors (Lipinski definition) is 0. The van der Waals surface area contributed by atoms with E-state index < -0.39 is 0 Å². The van der Waals surface area contributed by atoms with Gasteiger partial charge >= 0.3 is 0 Å². The molecule has 0 saturated carbocycles. The topological polar surface area (TPSA) is 39.0 Å². The second kappa shape index (κ2) is 5.97. The van der Waals surface area contributed by atoms with Crippen LogP contribution in [0.2, 0.25) is 0 Å². The highest BCUT2D eigenvalue weighted by Crippen LogP contribution is 2.40. The van der Waals surface area contributed by atoms with E-state index in [1.807, 2.05) is 0 Å². The summed E-state index contributed by atoms with van der Waals surface area (Å²) in [6.07, 6.45) is 0. The zero-order valence-corrected chi connectivity index (χ0v) is 19.6. The molecular weight excluding hydrogens is 454 g/mol. The molecule has 5 heteroatoms. The Morgan fingerprint density at radius 2 is 1.05 bits per heavy atom. The molecular formula is C32H17N5. The lowest BCUT2D eigenvalue weighted by Gasteiger charge is -2.07. The van der Waals surface area contributed by atoms with Crippen LogP contribution in [0.15, 0.2) is 103 Å². The van der Waals surface area contributed by atoms with E-state index in [1.165, 1.54) is 32.3 Å². The van der Waals surface area contributed by atoms with E-state index in [1.54, 1.807) is 0 Å². The van der Waals surface area contributed by atoms with E-state index in [0.717, 1.165) is 50.2 Å². The first-order valence-electron chi connectivity index (χ1n) is 12.5. The van der Waals surface area contributed by atoms with Gasteiger partial charge in [0, 0.05) is 10.8 Å². The zero-order chi connectivity index (χ0) is 23.8. The molecule has 10 aromatic rings. The SMILES string of the molecule is c1ccc2cc3c(cc2c1)nc1n3c2cccc3c2n1c1nc2c4ccccc4c4ccccc4c2n31. The summed E-state index contributed by atoms with van der Waals surface area (Å²) in [4.78, 5) is 10.5. The summed E-state index contributed by atoms with van der Waals surface area (Å²) in [5.74, 6) is 1.80. The molecule has 0 atom stereocenters. The minimum Gasteiger partial charge on any atom is -0.276 e. The zero-order valence-electron chi connectivity index (χ0n) is 19.6. The molecule has 0 saturated heterocycles. The largest absolute Gasteiger partial charge is 0.276 e. The van der Waals surface area contributed by atoms with Crippen LogP contribution in [0.4, 0.5) is 0 Å². The van der Waals surface area contributed by atoms with Gasteiger partial charge in [0.1, 0.15) is 5.52 Å². The van der Waals surface area contributed by atoms with Gasteiger partial charge in [-0.2, -0.15) is 0 Å². The van der Waals surface area contributed by atoms with Gasteiger partial charge in [0.25, 0.3) is 0 Å². The van der Waals surface area contributed by atoms with Crippen molar-refractivity contribution in [3.05, 3.63) is 103 Å². The monoisotopic (exact) mass is 471 g/mol. The van der Waals surface area contributed by atoms with Crippen LogP contribution >= 0.6 is 0 Å². The maximum atomic E-state index is 5.33. The molecule has 6 aromatic carbocycles. The van der Waals surface area contributed by atoms with Gasteiger partial charge in [-0.25, -0.2) is 14.4 Å². The normalized spacial score (nSPS) is 12.9. The summed E-state index contributed by atoms with van der Waals surface area (Å²) in [5, 5.41) is 7.30. The van der Waals surface area contributed by atoms with Crippen molar-refractivity contribution in [3.8, 4) is 0 Å². The summed E-state index contributed by atoms with van der Waals surface area (Å²) in [6.45, 7) is 0. The Balaban J connectivity index is 1.51. The summed E-state index contributed by atoms with van der Waals surface area (Å²) < 4.78 is 6.88. The third-order valence-electron chi connectivity index (χ3n) is 8.12. The van der Waals surface area contributed by atoms with Crippen LogP contribution in [0.25, 0.3) is 82.5 Å². The van der Waals surface area contributed by atoms with E-state index in [9.17, 15) is 0 Å². The van der Waals surface area contributed by atoms with E-state index in [0.29, 0.717) is 0 Å². The summed E-state index contributed by atoms with van der Waals surface area (Å²) in [5.41, 5.74) is 7.75. The van der Waals surface area contributed by atoms with Gasteiger partial charge in [-0.05, 0) is 45.8 Å². The van der Waals surface area contributed by atoms with Crippen LogP contribution < -0.4 is 0 Å². The first kappa shape index (κ1) is 18.2. The summed E-state index contributed by atoms with van der Waals surface area (Å²) in [6, 6.07) is 36.8. The fraction of sp³-hybridized carbons (Fsp3) is 0. The Morgan fingerprint density at radius 3 is 1.86 bits per heavy atom. The van der Waals surface area contributed by atoms with Gasteiger partial charge in [0.2, 0.25) is 11.6 Å². The quantitative estimate of drug-likeness (QED) is 0.214. The molecule has 0 unspecified atom stereocenters. The number of hydrogen-bond acceptors (Lipinski definition) is 2. The molecule has 5 nitrogen and oxygen atoms in total. The molecule has 0 aliphatic carbocycles. The number of para-hydroxylation sites is 1. The van der Waals surface area contributed by atoms with Crippen molar-refractivity contribution in [3.63, 3.8) is 0 Å². The molecule has 0 aliphatic heterocycles. The Hall–Kier alpha value is -5.16. The van der Waals surface area contributed by atoms with E-state index in [-0.39, 0.29) is 0 Å². The van der Waals surface area contributed by atoms with Gasteiger partial charge in [0.15, 0.2) is 0 Å². The molecule has 0 amide bonds. The Kier molecular flexibility index (Phi) is 2.93. The first-order chi connectivity index (χ1) is 18.4. The maximum absolute atomic E-state index is 5.33. The molecule has 4 aromatic heterocycles. The van der Waals surface area contributed by atoms with Crippen LogP contribution in [-0.4, -0.2) is 23.2 Å². The van der Waals surface area contributed by atoms with E-state index >= 15 is 0 Å². The number of nitrogens with zero attached hydrogens (tertiary/aromatic N) is 5. The Labute approximate surface area is 208 Å². The lowest BCUT2D eigenvalue weighted by Crippen LogP contribution is -1.88. The van der Waals surface area contributed by atoms with Crippen LogP contribution in [-0.2, 0) is 0 Å². The minimum absolute atomic E-state index is 0.899. The van der Waals surface area contributed by atoms with E-state index in [2.05, 4.69) is 116 Å². The fourth-order valence-electron chi connectivity index (χ4n) is 6.61. The predicted molar refractivity (Wildman–Crippen MR) is 151 cm³/mol. The molecule has 0 bridgehead atoms. The lowest BCUT2D eigenvalue weighted by atomic mass is 10.00. The van der Waals surface area contributed by atoms with Gasteiger partial charge < -0.3 is 0 Å². The molecule has 4 heterocycles. The number of fused-ring (bicyclic) bond motifs is 16. The number of rotatable bonds is 0. The van der Waals surface area contributed by atoms with Crippen LogP contribution in [0.5, 0.6) is 0 Å². The van der Waals surface area contributed by atoms with Crippen molar-refractivity contribution in [2.75, 3.05) is 0 Å². The van der Waals surface area contributed by atoms with Gasteiger partial charge in [-0.3, -0.25) is 8.80 Å². The van der Waals surface area contributed by atoms with Crippen LogP contribution in [0.3, 0.4) is 0 Å². The Morgan fingerprint density at radius 1 is 0.432 bits per heavy atom. The molecule has 0 spiro atoms. The van der Waals surface area contributed by atoms with Crippen molar-refractivity contribution in [1.29, 1.82) is 0 Å². The van der Waals surface area contributed by atoms with E-state index in [4.69, 9.17) is 9.97 Å². The summed E-state index contributed by atoms with van der Waals surface area (Å²) >= 11 is 0. The summed E-state index contributed by atoms with van der Waals surface area (Å²) in [7, 11) is 0. The lowest BCUT2D eigenvalue weighted by molar-refractivity contribution is 1.15. The third-order valence-corrected chi connectivity index (χ3v) is 8.12. The standard InChI is InChI=1S/C32H17N5/c1-2-9-19-17-27-24(16-18(19)8-1)33-31-35(27)25-14-7-15-26-30(25)37(31)32-34-28-22-12-5-3-10-20(22)21-11-4-6-13-23(21)29(28)36(26)32/h1-17H. The van der Waals surface area contributed by atoms with Crippen LogP contribution in [0.1, 0.15) is 0 Å². The highest BCUT2D eigenvalue weighted by Gasteiger charge is 2.25. The smallest absolute Gasteiger partial charge is 0.223 e. The predicted octanol–water partition coefficient (Wildman–Crippen LogP) is 7.59. The molecule has 0 radical (unpaired) electrons. The van der Waals surface area contributed by atoms with Gasteiger partial charge in [-0.15, -0.1) is 0 Å². The number of imidazole rings is 4. The second-order valence-corrected chi connectivity index (χ2v) is 9.95. The van der Waals surface area contributed by atoms with Crippen molar-refractivity contribution in [1.82, 2.24) is 23.2 Å². The molecule has 10 rings (SSSR count). The van der Waals surface area contributed by atoms with Gasteiger partial charge in [-0.1, -0.05) is 78.9 Å². The Bertz CT molecular complexity index is 2580. The molecule has 0 N–H and O–H groups in total. The molecule has 0 fully saturated rings. The van der Waals surface area contributed by atoms with Crippen molar-refractivity contribution in [2.24, 2.45) is 0 Å². The van der Waals surface area contributed by atoms with Crippen molar-refractivity contribution >= 4 is 82.5 Å². The third kappa shape index (κ3) is 1.98. The van der Waals surface area contributed by atoms with Crippen LogP contribution in [0, 0.1) is 0 Å². The fourth-order valence-corrected chi connectivity index (χ4v) is 6.61. The van der Waals surface area contributed by atoms with Crippen molar-refractivity contribution < 1.29 is 0 Å². The van der Waals surface area contributed by atoms with Gasteiger partial charge in [0.05, 0.1) is 33.1 Å². The minimum atomic E-state index is 0.899. The molecule has 0 aliphatic rings. The highest BCUT2D eigenvalue weighted by atomic mass is 15.3. The molecule has 170 valence electrons. The first-order valence-corrected chi connectivity index (χ1v) is 12.5. The maximum Gasteiger partial charge on any atom is 0.223 e. The average Bonchev–Trinajstić information content (AvgIpc) is 3.67. The highest BCUT2D eigenvalue weighted by molar-refractivity contribution is 6.25. The average molecular weight is 472 g/mol. The molecule has 37 heavy (non-hydrogen) atoms. The number of aromatic nitrogens is 5. The second-order valence-electron chi connectivity index (χ2n) is 9.95. The van der Waals surface area contributed by atoms with Crippen molar-refractivity contribution in [2.45, 2.75) is 0 Å².